The van der Waals surface area contributed by atoms with Gasteiger partial charge in [0, 0.05) is 30.8 Å². The van der Waals surface area contributed by atoms with Crippen molar-refractivity contribution in [2.45, 2.75) is 39.2 Å². The van der Waals surface area contributed by atoms with E-state index in [4.69, 9.17) is 4.74 Å². The molecule has 1 aromatic carbocycles. The third kappa shape index (κ3) is 4.20. The molecule has 0 radical (unpaired) electrons. The van der Waals surface area contributed by atoms with Crippen molar-refractivity contribution >= 4 is 5.91 Å². The number of amides is 1. The van der Waals surface area contributed by atoms with E-state index in [1.807, 2.05) is 12.1 Å². The Balaban J connectivity index is 1.50. The lowest BCUT2D eigenvalue weighted by molar-refractivity contribution is 0.0941. The summed E-state index contributed by atoms with van der Waals surface area (Å²) in [5.74, 6) is 0.663. The van der Waals surface area contributed by atoms with Gasteiger partial charge in [-0.25, -0.2) is 0 Å². The van der Waals surface area contributed by atoms with E-state index in [0.717, 1.165) is 30.0 Å². The van der Waals surface area contributed by atoms with E-state index in [1.165, 1.54) is 5.56 Å². The second-order valence-electron chi connectivity index (χ2n) is 7.34. The van der Waals surface area contributed by atoms with Crippen molar-refractivity contribution in [1.82, 2.24) is 20.8 Å². The van der Waals surface area contributed by atoms with Crippen molar-refractivity contribution in [2.24, 2.45) is 0 Å². The fraction of sp³-hybridized carbons (Fsp3) is 0.474. The first kappa shape index (κ1) is 17.5. The van der Waals surface area contributed by atoms with Crippen LogP contribution < -0.4 is 15.4 Å². The Morgan fingerprint density at radius 2 is 2.20 bits per heavy atom. The maximum absolute atomic E-state index is 12.3. The van der Waals surface area contributed by atoms with Gasteiger partial charge in [0.2, 0.25) is 0 Å². The molecule has 1 aliphatic rings. The van der Waals surface area contributed by atoms with Gasteiger partial charge in [-0.2, -0.15) is 5.10 Å². The number of nitrogens with zero attached hydrogens (tertiary/aromatic N) is 1. The van der Waals surface area contributed by atoms with Gasteiger partial charge in [0.05, 0.1) is 6.54 Å². The number of fused-ring (bicyclic) bond motifs is 1. The first-order valence-electron chi connectivity index (χ1n) is 8.73. The second kappa shape index (κ2) is 7.27. The number of aromatic nitrogens is 2. The van der Waals surface area contributed by atoms with Crippen molar-refractivity contribution in [3.8, 4) is 5.75 Å². The Morgan fingerprint density at radius 3 is 3.00 bits per heavy atom. The minimum absolute atomic E-state index is 0.0840. The third-order valence-corrected chi connectivity index (χ3v) is 4.38. The maximum Gasteiger partial charge on any atom is 0.272 e. The molecule has 1 aromatic heterocycles. The zero-order chi connectivity index (χ0) is 17.9. The Kier molecular flexibility index (Phi) is 5.08. The predicted molar refractivity (Wildman–Crippen MR) is 97.0 cm³/mol. The van der Waals surface area contributed by atoms with E-state index < -0.39 is 0 Å². The number of H-pyrrole nitrogens is 1. The average molecular weight is 342 g/mol. The molecule has 0 aliphatic carbocycles. The zero-order valence-corrected chi connectivity index (χ0v) is 15.1. The molecule has 0 atom stereocenters. The summed E-state index contributed by atoms with van der Waals surface area (Å²) in [6, 6.07) is 8.09. The first-order chi connectivity index (χ1) is 11.9. The van der Waals surface area contributed by atoms with Gasteiger partial charge in [0.15, 0.2) is 5.69 Å². The summed E-state index contributed by atoms with van der Waals surface area (Å²) in [5, 5.41) is 13.3. The van der Waals surface area contributed by atoms with Crippen molar-refractivity contribution in [3.05, 3.63) is 46.8 Å². The van der Waals surface area contributed by atoms with Gasteiger partial charge < -0.3 is 15.4 Å². The normalized spacial score (nSPS) is 14.0. The highest BCUT2D eigenvalue weighted by Crippen LogP contribution is 2.25. The number of nitrogens with one attached hydrogen (secondary N) is 3. The highest BCUT2D eigenvalue weighted by Gasteiger charge is 2.21. The highest BCUT2D eigenvalue weighted by atomic mass is 16.5. The molecule has 2 heterocycles. The fourth-order valence-electron chi connectivity index (χ4n) is 2.88. The molecular weight excluding hydrogens is 316 g/mol. The highest BCUT2D eigenvalue weighted by molar-refractivity contribution is 5.94. The third-order valence-electron chi connectivity index (χ3n) is 4.38. The van der Waals surface area contributed by atoms with Crippen LogP contribution in [-0.4, -0.2) is 35.8 Å². The van der Waals surface area contributed by atoms with Gasteiger partial charge in [-0.3, -0.25) is 9.89 Å². The summed E-state index contributed by atoms with van der Waals surface area (Å²) in [4.78, 5) is 12.3. The number of hydrogen-bond donors (Lipinski definition) is 3. The van der Waals surface area contributed by atoms with Crippen molar-refractivity contribution < 1.29 is 9.53 Å². The summed E-state index contributed by atoms with van der Waals surface area (Å²) in [5.41, 5.74) is 3.82. The van der Waals surface area contributed by atoms with E-state index >= 15 is 0 Å². The van der Waals surface area contributed by atoms with Crippen LogP contribution in [0.15, 0.2) is 24.3 Å². The van der Waals surface area contributed by atoms with Crippen molar-refractivity contribution in [3.63, 3.8) is 0 Å². The number of ether oxygens (including phenoxy) is 1. The van der Waals surface area contributed by atoms with Gasteiger partial charge >= 0.3 is 0 Å². The van der Waals surface area contributed by atoms with E-state index in [2.05, 4.69) is 53.7 Å². The molecule has 0 saturated carbocycles. The molecule has 1 aliphatic heterocycles. The molecule has 6 nitrogen and oxygen atoms in total. The minimum Gasteiger partial charge on any atom is -0.492 e. The van der Waals surface area contributed by atoms with Gasteiger partial charge in [0.25, 0.3) is 5.91 Å². The minimum atomic E-state index is -0.159. The molecule has 3 rings (SSSR count). The summed E-state index contributed by atoms with van der Waals surface area (Å²) in [7, 11) is 0. The number of aromatic amines is 1. The van der Waals surface area contributed by atoms with Crippen LogP contribution in [0.3, 0.4) is 0 Å². The lowest BCUT2D eigenvalue weighted by atomic mass is 9.87. The van der Waals surface area contributed by atoms with Gasteiger partial charge in [-0.15, -0.1) is 0 Å². The lowest BCUT2D eigenvalue weighted by Gasteiger charge is -2.19. The number of benzene rings is 1. The second-order valence-corrected chi connectivity index (χ2v) is 7.34. The largest absolute Gasteiger partial charge is 0.492 e. The topological polar surface area (TPSA) is 79.0 Å². The quantitative estimate of drug-likeness (QED) is 0.728. The van der Waals surface area contributed by atoms with E-state index in [9.17, 15) is 4.79 Å². The Morgan fingerprint density at radius 1 is 1.36 bits per heavy atom. The zero-order valence-electron chi connectivity index (χ0n) is 15.1. The van der Waals surface area contributed by atoms with Crippen LogP contribution in [0.5, 0.6) is 5.75 Å². The van der Waals surface area contributed by atoms with Crippen LogP contribution in [-0.2, 0) is 18.4 Å². The van der Waals surface area contributed by atoms with Gasteiger partial charge in [-0.05, 0) is 23.1 Å². The Hall–Kier alpha value is -2.34. The van der Waals surface area contributed by atoms with Crippen LogP contribution in [0.4, 0.5) is 0 Å². The van der Waals surface area contributed by atoms with E-state index in [0.29, 0.717) is 25.4 Å². The standard InChI is InChI=1S/C19H26N4O2/c1-19(2,3)13-5-4-6-14(11-13)25-10-9-21-18(24)17-15-12-20-8-7-16(15)22-23-17/h4-6,11,20H,7-10,12H2,1-3H3,(H,21,24)(H,22,23). The Labute approximate surface area is 148 Å². The lowest BCUT2D eigenvalue weighted by Crippen LogP contribution is -2.31. The van der Waals surface area contributed by atoms with Crippen LogP contribution >= 0.6 is 0 Å². The van der Waals surface area contributed by atoms with Gasteiger partial charge in [-0.1, -0.05) is 32.9 Å². The first-order valence-corrected chi connectivity index (χ1v) is 8.73. The number of carbonyl (C=O) groups is 1. The predicted octanol–water partition coefficient (Wildman–Crippen LogP) is 2.16. The van der Waals surface area contributed by atoms with Crippen LogP contribution in [0.2, 0.25) is 0 Å². The number of hydrogen-bond acceptors (Lipinski definition) is 4. The molecule has 0 fully saturated rings. The number of rotatable bonds is 5. The molecule has 0 unspecified atom stereocenters. The van der Waals surface area contributed by atoms with Crippen LogP contribution in [0, 0.1) is 0 Å². The molecule has 2 aromatic rings. The molecule has 0 bridgehead atoms. The smallest absolute Gasteiger partial charge is 0.272 e. The molecule has 1 amide bonds. The van der Waals surface area contributed by atoms with E-state index in [1.54, 1.807) is 0 Å². The molecule has 0 spiro atoms. The monoisotopic (exact) mass is 342 g/mol. The molecular formula is C19H26N4O2. The Bertz CT molecular complexity index is 746. The summed E-state index contributed by atoms with van der Waals surface area (Å²) in [6.07, 6.45) is 0.878. The van der Waals surface area contributed by atoms with Crippen LogP contribution in [0.25, 0.3) is 0 Å². The molecule has 6 heteroatoms. The molecule has 3 N–H and O–H groups in total. The van der Waals surface area contributed by atoms with Crippen molar-refractivity contribution in [1.29, 1.82) is 0 Å². The molecule has 134 valence electrons. The number of carbonyl (C=O) groups excluding carboxylic acids is 1. The summed E-state index contributed by atoms with van der Waals surface area (Å²) >= 11 is 0. The van der Waals surface area contributed by atoms with Gasteiger partial charge in [0.1, 0.15) is 12.4 Å². The van der Waals surface area contributed by atoms with Crippen LogP contribution in [0.1, 0.15) is 48.1 Å². The SMILES string of the molecule is CC(C)(C)c1cccc(OCCNC(=O)c2n[nH]c3c2CNCC3)c1. The molecule has 0 saturated heterocycles. The van der Waals surface area contributed by atoms with Crippen molar-refractivity contribution in [2.75, 3.05) is 19.7 Å². The maximum atomic E-state index is 12.3. The average Bonchev–Trinajstić information content (AvgIpc) is 3.02. The summed E-state index contributed by atoms with van der Waals surface area (Å²) in [6.45, 7) is 8.98. The molecule has 25 heavy (non-hydrogen) atoms. The van der Waals surface area contributed by atoms with E-state index in [-0.39, 0.29) is 11.3 Å². The summed E-state index contributed by atoms with van der Waals surface area (Å²) < 4.78 is 5.77. The fourth-order valence-corrected chi connectivity index (χ4v) is 2.88.